The number of nitrogens with zero attached hydrogens (tertiary/aromatic N) is 2. The largest absolute Gasteiger partial charge is 0.377 e. The van der Waals surface area contributed by atoms with Gasteiger partial charge in [-0.05, 0) is 37.6 Å². The van der Waals surface area contributed by atoms with Gasteiger partial charge in [-0.2, -0.15) is 5.26 Å². The number of nitriles is 1. The second-order valence-corrected chi connectivity index (χ2v) is 5.01. The summed E-state index contributed by atoms with van der Waals surface area (Å²) in [4.78, 5) is 14.1. The van der Waals surface area contributed by atoms with Crippen molar-refractivity contribution in [3.63, 3.8) is 0 Å². The molecule has 0 spiro atoms. The molecule has 20 heavy (non-hydrogen) atoms. The van der Waals surface area contributed by atoms with E-state index in [0.717, 1.165) is 26.1 Å². The highest BCUT2D eigenvalue weighted by molar-refractivity contribution is 5.92. The lowest BCUT2D eigenvalue weighted by Gasteiger charge is -2.21. The van der Waals surface area contributed by atoms with Gasteiger partial charge >= 0.3 is 0 Å². The van der Waals surface area contributed by atoms with Crippen molar-refractivity contribution >= 4 is 11.6 Å². The summed E-state index contributed by atoms with van der Waals surface area (Å²) in [5.74, 6) is -0.0381. The third-order valence-corrected chi connectivity index (χ3v) is 3.20. The van der Waals surface area contributed by atoms with Gasteiger partial charge < -0.3 is 10.1 Å². The minimum atomic E-state index is -0.0381. The summed E-state index contributed by atoms with van der Waals surface area (Å²) in [5, 5.41) is 11.6. The Balaban J connectivity index is 1.86. The number of nitrogens with one attached hydrogen (secondary N) is 1. The third kappa shape index (κ3) is 4.34. The molecule has 5 nitrogen and oxygen atoms in total. The Bertz CT molecular complexity index is 493. The van der Waals surface area contributed by atoms with Crippen molar-refractivity contribution in [2.45, 2.75) is 19.4 Å². The number of hydrogen-bond acceptors (Lipinski definition) is 4. The number of anilines is 1. The van der Waals surface area contributed by atoms with E-state index in [9.17, 15) is 4.79 Å². The average Bonchev–Trinajstić information content (AvgIpc) is 2.63. The molecule has 1 atom stereocenters. The molecular formula is C15H19N3O2. The van der Waals surface area contributed by atoms with Crippen LogP contribution in [0.3, 0.4) is 0 Å². The SMILES string of the molecule is CC1CN(CC(=O)Nc2ccc(C#N)cc2)CCCO1. The third-order valence-electron chi connectivity index (χ3n) is 3.20. The molecule has 2 rings (SSSR count). The maximum Gasteiger partial charge on any atom is 0.238 e. The Morgan fingerprint density at radius 3 is 2.95 bits per heavy atom. The van der Waals surface area contributed by atoms with Crippen LogP contribution < -0.4 is 5.32 Å². The Morgan fingerprint density at radius 1 is 1.50 bits per heavy atom. The molecule has 0 radical (unpaired) electrons. The quantitative estimate of drug-likeness (QED) is 0.908. The number of amides is 1. The zero-order chi connectivity index (χ0) is 14.4. The highest BCUT2D eigenvalue weighted by Gasteiger charge is 2.17. The lowest BCUT2D eigenvalue weighted by atomic mass is 10.2. The summed E-state index contributed by atoms with van der Waals surface area (Å²) in [7, 11) is 0. The lowest BCUT2D eigenvalue weighted by Crippen LogP contribution is -2.37. The van der Waals surface area contributed by atoms with Crippen molar-refractivity contribution in [3.05, 3.63) is 29.8 Å². The zero-order valence-electron chi connectivity index (χ0n) is 11.6. The summed E-state index contributed by atoms with van der Waals surface area (Å²) < 4.78 is 5.55. The number of rotatable bonds is 3. The van der Waals surface area contributed by atoms with E-state index in [-0.39, 0.29) is 12.0 Å². The maximum absolute atomic E-state index is 12.0. The van der Waals surface area contributed by atoms with Crippen LogP contribution in [0.2, 0.25) is 0 Å². The summed E-state index contributed by atoms with van der Waals surface area (Å²) in [6.45, 7) is 4.81. The number of carbonyl (C=O) groups is 1. The number of hydrogen-bond donors (Lipinski definition) is 1. The van der Waals surface area contributed by atoms with Gasteiger partial charge in [-0.1, -0.05) is 0 Å². The maximum atomic E-state index is 12.0. The Hall–Kier alpha value is -1.90. The molecule has 1 heterocycles. The van der Waals surface area contributed by atoms with Crippen LogP contribution in [0.4, 0.5) is 5.69 Å². The van der Waals surface area contributed by atoms with E-state index in [0.29, 0.717) is 17.8 Å². The first-order valence-electron chi connectivity index (χ1n) is 6.81. The molecule has 1 aromatic rings. The van der Waals surface area contributed by atoms with Crippen LogP contribution >= 0.6 is 0 Å². The van der Waals surface area contributed by atoms with Crippen molar-refractivity contribution in [3.8, 4) is 6.07 Å². The molecule has 106 valence electrons. The Kier molecular flexibility index (Phi) is 5.10. The normalized spacial score (nSPS) is 19.9. The minimum absolute atomic E-state index is 0.0381. The van der Waals surface area contributed by atoms with Gasteiger partial charge in [0.2, 0.25) is 5.91 Å². The van der Waals surface area contributed by atoms with E-state index >= 15 is 0 Å². The first-order valence-corrected chi connectivity index (χ1v) is 6.81. The molecule has 1 aliphatic heterocycles. The van der Waals surface area contributed by atoms with Crippen LogP contribution in [0, 0.1) is 11.3 Å². The fourth-order valence-electron chi connectivity index (χ4n) is 2.26. The number of carbonyl (C=O) groups excluding carboxylic acids is 1. The molecule has 1 fully saturated rings. The fraction of sp³-hybridized carbons (Fsp3) is 0.467. The van der Waals surface area contributed by atoms with Crippen molar-refractivity contribution < 1.29 is 9.53 Å². The molecular weight excluding hydrogens is 254 g/mol. The first-order chi connectivity index (χ1) is 9.67. The van der Waals surface area contributed by atoms with Crippen molar-refractivity contribution in [1.29, 1.82) is 5.26 Å². The van der Waals surface area contributed by atoms with Crippen LogP contribution in [0.5, 0.6) is 0 Å². The van der Waals surface area contributed by atoms with Crippen LogP contribution in [-0.2, 0) is 9.53 Å². The molecule has 0 aliphatic carbocycles. The highest BCUT2D eigenvalue weighted by atomic mass is 16.5. The van der Waals surface area contributed by atoms with Gasteiger partial charge in [-0.25, -0.2) is 0 Å². The number of ether oxygens (including phenoxy) is 1. The average molecular weight is 273 g/mol. The zero-order valence-corrected chi connectivity index (χ0v) is 11.6. The van der Waals surface area contributed by atoms with Crippen molar-refractivity contribution in [2.75, 3.05) is 31.6 Å². The van der Waals surface area contributed by atoms with E-state index in [1.807, 2.05) is 6.92 Å². The van der Waals surface area contributed by atoms with Gasteiger partial charge in [0.1, 0.15) is 0 Å². The van der Waals surface area contributed by atoms with E-state index in [2.05, 4.69) is 16.3 Å². The minimum Gasteiger partial charge on any atom is -0.377 e. The lowest BCUT2D eigenvalue weighted by molar-refractivity contribution is -0.117. The highest BCUT2D eigenvalue weighted by Crippen LogP contribution is 2.10. The Labute approximate surface area is 119 Å². The number of benzene rings is 1. The van der Waals surface area contributed by atoms with Gasteiger partial charge in [-0.3, -0.25) is 9.69 Å². The smallest absolute Gasteiger partial charge is 0.238 e. The standard InChI is InChI=1S/C15H19N3O2/c1-12-10-18(7-2-8-20-12)11-15(19)17-14-5-3-13(9-16)4-6-14/h3-6,12H,2,7-8,10-11H2,1H3,(H,17,19). The van der Waals surface area contributed by atoms with E-state index < -0.39 is 0 Å². The topological polar surface area (TPSA) is 65.4 Å². The molecule has 1 unspecified atom stereocenters. The van der Waals surface area contributed by atoms with E-state index in [4.69, 9.17) is 10.00 Å². The molecule has 1 aromatic carbocycles. The Morgan fingerprint density at radius 2 is 2.25 bits per heavy atom. The molecule has 5 heteroatoms. The summed E-state index contributed by atoms with van der Waals surface area (Å²) >= 11 is 0. The van der Waals surface area contributed by atoms with Crippen molar-refractivity contribution in [1.82, 2.24) is 4.90 Å². The fourth-order valence-corrected chi connectivity index (χ4v) is 2.26. The van der Waals surface area contributed by atoms with Gasteiger partial charge in [-0.15, -0.1) is 0 Å². The molecule has 1 aliphatic rings. The molecule has 1 N–H and O–H groups in total. The summed E-state index contributed by atoms with van der Waals surface area (Å²) in [6.07, 6.45) is 1.12. The van der Waals surface area contributed by atoms with Crippen LogP contribution in [-0.4, -0.2) is 43.2 Å². The summed E-state index contributed by atoms with van der Waals surface area (Å²) in [6, 6.07) is 8.92. The van der Waals surface area contributed by atoms with Crippen LogP contribution in [0.1, 0.15) is 18.9 Å². The second-order valence-electron chi connectivity index (χ2n) is 5.01. The molecule has 0 bridgehead atoms. The summed E-state index contributed by atoms with van der Waals surface area (Å²) in [5.41, 5.74) is 1.30. The van der Waals surface area contributed by atoms with Gasteiger partial charge in [0.05, 0.1) is 24.3 Å². The van der Waals surface area contributed by atoms with Gasteiger partial charge in [0.15, 0.2) is 0 Å². The molecule has 0 aromatic heterocycles. The monoisotopic (exact) mass is 273 g/mol. The van der Waals surface area contributed by atoms with Gasteiger partial charge in [0, 0.05) is 25.4 Å². The van der Waals surface area contributed by atoms with Crippen molar-refractivity contribution in [2.24, 2.45) is 0 Å². The molecule has 1 amide bonds. The van der Waals surface area contributed by atoms with E-state index in [1.165, 1.54) is 0 Å². The van der Waals surface area contributed by atoms with Crippen LogP contribution in [0.15, 0.2) is 24.3 Å². The van der Waals surface area contributed by atoms with Crippen LogP contribution in [0.25, 0.3) is 0 Å². The van der Waals surface area contributed by atoms with E-state index in [1.54, 1.807) is 24.3 Å². The predicted molar refractivity (Wildman–Crippen MR) is 76.3 cm³/mol. The molecule has 1 saturated heterocycles. The first kappa shape index (κ1) is 14.5. The molecule has 0 saturated carbocycles. The predicted octanol–water partition coefficient (Wildman–Crippen LogP) is 1.61. The second kappa shape index (κ2) is 7.04. The van der Waals surface area contributed by atoms with Gasteiger partial charge in [0.25, 0.3) is 0 Å².